The number of carboxylic acids is 1. The largest absolute Gasteiger partial charge is 0.478 e. The molecule has 0 aliphatic carbocycles. The molecule has 1 aromatic rings. The van der Waals surface area contributed by atoms with Crippen molar-refractivity contribution in [3.63, 3.8) is 0 Å². The molecule has 21 heavy (non-hydrogen) atoms. The van der Waals surface area contributed by atoms with Gasteiger partial charge in [0, 0.05) is 33.3 Å². The molecule has 1 aromatic carbocycles. The molecule has 0 saturated heterocycles. The number of rotatable bonds is 7. The Morgan fingerprint density at radius 2 is 2.10 bits per heavy atom. The smallest absolute Gasteiger partial charge is 0.335 e. The monoisotopic (exact) mass is 397 g/mol. The van der Waals surface area contributed by atoms with Gasteiger partial charge >= 0.3 is 5.97 Å². The van der Waals surface area contributed by atoms with Crippen molar-refractivity contribution < 1.29 is 22.5 Å². The normalized spacial score (nSPS) is 14.6. The van der Waals surface area contributed by atoms with E-state index in [0.29, 0.717) is 6.42 Å². The fraction of sp³-hybridized carbons (Fsp3) is 0.417. The first kappa shape index (κ1) is 18.3. The summed E-state index contributed by atoms with van der Waals surface area (Å²) in [6.45, 7) is 1.94. The van der Waals surface area contributed by atoms with Crippen LogP contribution in [0.25, 0.3) is 0 Å². The van der Waals surface area contributed by atoms with Crippen molar-refractivity contribution in [2.75, 3.05) is 12.8 Å². The minimum absolute atomic E-state index is 0.00386. The van der Waals surface area contributed by atoms with Crippen LogP contribution >= 0.6 is 15.9 Å². The van der Waals surface area contributed by atoms with Gasteiger partial charge in [-0.2, -0.15) is 0 Å². The van der Waals surface area contributed by atoms with Gasteiger partial charge in [-0.25, -0.2) is 17.9 Å². The molecule has 0 amide bonds. The van der Waals surface area contributed by atoms with Gasteiger partial charge in [0.05, 0.1) is 10.5 Å². The minimum atomic E-state index is -3.74. The molecule has 0 spiro atoms. The van der Waals surface area contributed by atoms with E-state index < -0.39 is 26.8 Å². The lowest BCUT2D eigenvalue weighted by Gasteiger charge is -2.11. The van der Waals surface area contributed by atoms with Crippen molar-refractivity contribution in [2.45, 2.75) is 23.5 Å². The van der Waals surface area contributed by atoms with Crippen LogP contribution in [0.3, 0.4) is 0 Å². The maximum atomic E-state index is 12.1. The predicted octanol–water partition coefficient (Wildman–Crippen LogP) is 1.58. The van der Waals surface area contributed by atoms with E-state index in [0.717, 1.165) is 0 Å². The van der Waals surface area contributed by atoms with Crippen LogP contribution < -0.4 is 4.72 Å². The van der Waals surface area contributed by atoms with Crippen LogP contribution in [0.4, 0.5) is 0 Å². The highest BCUT2D eigenvalue weighted by molar-refractivity contribution is 9.10. The Kier molecular flexibility index (Phi) is 6.51. The summed E-state index contributed by atoms with van der Waals surface area (Å²) in [6.07, 6.45) is 2.02. The molecule has 0 radical (unpaired) electrons. The zero-order valence-corrected chi connectivity index (χ0v) is 14.7. The molecule has 2 atom stereocenters. The SMILES string of the molecule is CC(CCNS(=O)(=O)c1ccc(C(=O)O)cc1Br)S(C)=O. The first-order valence-electron chi connectivity index (χ1n) is 6.00. The van der Waals surface area contributed by atoms with E-state index in [4.69, 9.17) is 5.11 Å². The van der Waals surface area contributed by atoms with Gasteiger partial charge in [0.2, 0.25) is 10.0 Å². The molecule has 118 valence electrons. The molecule has 0 aliphatic rings. The molecule has 0 heterocycles. The van der Waals surface area contributed by atoms with E-state index in [2.05, 4.69) is 20.7 Å². The van der Waals surface area contributed by atoms with Gasteiger partial charge in [-0.3, -0.25) is 4.21 Å². The van der Waals surface area contributed by atoms with Crippen LogP contribution in [-0.2, 0) is 20.8 Å². The fourth-order valence-corrected chi connectivity index (χ4v) is 4.06. The zero-order chi connectivity index (χ0) is 16.2. The maximum Gasteiger partial charge on any atom is 0.335 e. The third-order valence-corrected chi connectivity index (χ3v) is 6.68. The summed E-state index contributed by atoms with van der Waals surface area (Å²) in [5, 5.41) is 8.74. The number of aromatic carboxylic acids is 1. The third-order valence-electron chi connectivity index (χ3n) is 2.88. The van der Waals surface area contributed by atoms with E-state index in [1.807, 2.05) is 0 Å². The number of nitrogens with one attached hydrogen (secondary N) is 1. The van der Waals surface area contributed by atoms with Gasteiger partial charge in [0.1, 0.15) is 0 Å². The van der Waals surface area contributed by atoms with Crippen LogP contribution in [0.15, 0.2) is 27.6 Å². The summed E-state index contributed by atoms with van der Waals surface area (Å²) < 4.78 is 38.0. The maximum absolute atomic E-state index is 12.1. The molecule has 0 aromatic heterocycles. The summed E-state index contributed by atoms with van der Waals surface area (Å²) in [5.41, 5.74) is -0.00386. The second-order valence-corrected chi connectivity index (χ2v) is 8.84. The number of hydrogen-bond donors (Lipinski definition) is 2. The van der Waals surface area contributed by atoms with Crippen molar-refractivity contribution in [1.82, 2.24) is 4.72 Å². The lowest BCUT2D eigenvalue weighted by atomic mass is 10.2. The standard InChI is InChI=1S/C12H16BrNO5S2/c1-8(20(2)17)5-6-14-21(18,19)11-4-3-9(12(15)16)7-10(11)13/h3-4,7-8,14H,5-6H2,1-2H3,(H,15,16). The first-order valence-corrected chi connectivity index (χ1v) is 9.89. The Morgan fingerprint density at radius 1 is 1.48 bits per heavy atom. The molecular formula is C12H16BrNO5S2. The zero-order valence-electron chi connectivity index (χ0n) is 11.5. The quantitative estimate of drug-likeness (QED) is 0.727. The Bertz CT molecular complexity index is 660. The summed E-state index contributed by atoms with van der Waals surface area (Å²) >= 11 is 3.06. The van der Waals surface area contributed by atoms with Gasteiger partial charge in [-0.15, -0.1) is 0 Å². The summed E-state index contributed by atoms with van der Waals surface area (Å²) in [5.74, 6) is -1.13. The highest BCUT2D eigenvalue weighted by Gasteiger charge is 2.19. The number of benzene rings is 1. The molecule has 0 saturated carbocycles. The lowest BCUT2D eigenvalue weighted by molar-refractivity contribution is 0.0696. The predicted molar refractivity (Wildman–Crippen MR) is 84.4 cm³/mol. The van der Waals surface area contributed by atoms with Gasteiger partial charge in [-0.1, -0.05) is 6.92 Å². The summed E-state index contributed by atoms with van der Waals surface area (Å²) in [4.78, 5) is 10.8. The first-order chi connectivity index (χ1) is 9.65. The average molecular weight is 398 g/mol. The van der Waals surface area contributed by atoms with Crippen molar-refractivity contribution in [1.29, 1.82) is 0 Å². The van der Waals surface area contributed by atoms with Crippen LogP contribution in [-0.4, -0.2) is 41.8 Å². The summed E-state index contributed by atoms with van der Waals surface area (Å²) in [7, 11) is -4.75. The number of carbonyl (C=O) groups is 1. The minimum Gasteiger partial charge on any atom is -0.478 e. The second-order valence-electron chi connectivity index (χ2n) is 4.45. The number of hydrogen-bond acceptors (Lipinski definition) is 4. The highest BCUT2D eigenvalue weighted by atomic mass is 79.9. The van der Waals surface area contributed by atoms with Crippen LogP contribution in [0, 0.1) is 0 Å². The van der Waals surface area contributed by atoms with Crippen molar-refractivity contribution >= 4 is 42.7 Å². The second kappa shape index (κ2) is 7.48. The molecule has 0 aliphatic heterocycles. The third kappa shape index (κ3) is 5.17. The lowest BCUT2D eigenvalue weighted by Crippen LogP contribution is -2.28. The number of sulfonamides is 1. The Labute approximate surface area is 134 Å². The fourth-order valence-electron chi connectivity index (χ4n) is 1.49. The molecule has 1 rings (SSSR count). The van der Waals surface area contributed by atoms with Crippen molar-refractivity contribution in [2.24, 2.45) is 0 Å². The van der Waals surface area contributed by atoms with Crippen LogP contribution in [0.2, 0.25) is 0 Å². The van der Waals surface area contributed by atoms with E-state index >= 15 is 0 Å². The topological polar surface area (TPSA) is 101 Å². The Hall–Kier alpha value is -0.770. The molecule has 9 heteroatoms. The van der Waals surface area contributed by atoms with Gasteiger partial charge < -0.3 is 5.11 Å². The van der Waals surface area contributed by atoms with E-state index in [1.54, 1.807) is 13.2 Å². The van der Waals surface area contributed by atoms with E-state index in [-0.39, 0.29) is 26.7 Å². The Morgan fingerprint density at radius 3 is 2.57 bits per heavy atom. The molecule has 2 unspecified atom stereocenters. The molecular weight excluding hydrogens is 382 g/mol. The number of halogens is 1. The van der Waals surface area contributed by atoms with Crippen molar-refractivity contribution in [3.8, 4) is 0 Å². The average Bonchev–Trinajstić information content (AvgIpc) is 2.37. The van der Waals surface area contributed by atoms with E-state index in [9.17, 15) is 17.4 Å². The highest BCUT2D eigenvalue weighted by Crippen LogP contribution is 2.23. The molecule has 2 N–H and O–H groups in total. The number of carboxylic acid groups (broad SMARTS) is 1. The van der Waals surface area contributed by atoms with Gasteiger partial charge in [-0.05, 0) is 40.5 Å². The molecule has 0 bridgehead atoms. The molecule has 6 nitrogen and oxygen atoms in total. The Balaban J connectivity index is 2.84. The van der Waals surface area contributed by atoms with Crippen LogP contribution in [0.5, 0.6) is 0 Å². The summed E-state index contributed by atoms with van der Waals surface area (Å²) in [6, 6.07) is 3.70. The molecule has 0 fully saturated rings. The van der Waals surface area contributed by atoms with Crippen molar-refractivity contribution in [3.05, 3.63) is 28.2 Å². The van der Waals surface area contributed by atoms with Gasteiger partial charge in [0.15, 0.2) is 0 Å². The van der Waals surface area contributed by atoms with E-state index in [1.165, 1.54) is 18.2 Å². The van der Waals surface area contributed by atoms with Gasteiger partial charge in [0.25, 0.3) is 0 Å². The van der Waals surface area contributed by atoms with Crippen LogP contribution in [0.1, 0.15) is 23.7 Å².